The predicted molar refractivity (Wildman–Crippen MR) is 126 cm³/mol. The van der Waals surface area contributed by atoms with Crippen LogP contribution in [0.2, 0.25) is 0 Å². The number of carbonyl (C=O) groups is 2. The zero-order valence-corrected chi connectivity index (χ0v) is 19.2. The second kappa shape index (κ2) is 12.2. The number of hydrogen-bond donors (Lipinski definition) is 3. The van der Waals surface area contributed by atoms with E-state index in [0.717, 1.165) is 18.7 Å². The molecule has 8 heteroatoms. The van der Waals surface area contributed by atoms with E-state index >= 15 is 0 Å². The van der Waals surface area contributed by atoms with Gasteiger partial charge >= 0.3 is 6.03 Å². The van der Waals surface area contributed by atoms with Crippen molar-refractivity contribution in [3.05, 3.63) is 48.3 Å². The molecule has 174 valence electrons. The number of hydrogen-bond acceptors (Lipinski definition) is 4. The van der Waals surface area contributed by atoms with Crippen LogP contribution in [0.1, 0.15) is 45.1 Å². The normalized spacial score (nSPS) is 15.7. The topological polar surface area (TPSA) is 91.3 Å². The molecule has 1 aromatic heterocycles. The fourth-order valence-corrected chi connectivity index (χ4v) is 4.16. The molecule has 1 atom stereocenters. The molecule has 0 radical (unpaired) electrons. The minimum atomic E-state index is -0.168. The van der Waals surface area contributed by atoms with Gasteiger partial charge in [-0.3, -0.25) is 14.4 Å². The van der Waals surface area contributed by atoms with Crippen LogP contribution in [0.4, 0.5) is 10.5 Å². The Bertz CT molecular complexity index is 844. The molecule has 3 N–H and O–H groups in total. The lowest BCUT2D eigenvalue weighted by Crippen LogP contribution is -2.49. The lowest BCUT2D eigenvalue weighted by molar-refractivity contribution is -0.116. The molecular weight excluding hydrogens is 404 g/mol. The lowest BCUT2D eigenvalue weighted by Gasteiger charge is -2.33. The van der Waals surface area contributed by atoms with Crippen molar-refractivity contribution in [3.8, 4) is 0 Å². The third kappa shape index (κ3) is 7.67. The van der Waals surface area contributed by atoms with E-state index in [9.17, 15) is 9.59 Å². The SMILES string of the molecule is CC(C)[C@H](CNC(=O)NCc1cccc(NC(=O)Cn2cccn2)c1)N1CCCCCC1. The summed E-state index contributed by atoms with van der Waals surface area (Å²) in [5.41, 5.74) is 1.62. The smallest absolute Gasteiger partial charge is 0.315 e. The molecule has 0 saturated carbocycles. The van der Waals surface area contributed by atoms with Crippen LogP contribution in [0, 0.1) is 5.92 Å². The molecule has 8 nitrogen and oxygen atoms in total. The molecule has 0 aliphatic carbocycles. The van der Waals surface area contributed by atoms with Crippen LogP contribution >= 0.6 is 0 Å². The molecule has 1 aliphatic rings. The molecular formula is C24H36N6O2. The molecule has 0 unspecified atom stereocenters. The highest BCUT2D eigenvalue weighted by molar-refractivity contribution is 5.90. The van der Waals surface area contributed by atoms with E-state index < -0.39 is 0 Å². The largest absolute Gasteiger partial charge is 0.337 e. The summed E-state index contributed by atoms with van der Waals surface area (Å²) in [6.07, 6.45) is 8.47. The molecule has 3 rings (SSSR count). The lowest BCUT2D eigenvalue weighted by atomic mass is 10.0. The van der Waals surface area contributed by atoms with Gasteiger partial charge in [-0.1, -0.05) is 38.8 Å². The van der Waals surface area contributed by atoms with Crippen molar-refractivity contribution in [2.75, 3.05) is 25.0 Å². The number of benzene rings is 1. The zero-order valence-electron chi connectivity index (χ0n) is 19.2. The Morgan fingerprint density at radius 1 is 1.06 bits per heavy atom. The first-order chi connectivity index (χ1) is 15.5. The quantitative estimate of drug-likeness (QED) is 0.558. The number of carbonyl (C=O) groups excluding carboxylic acids is 2. The van der Waals surface area contributed by atoms with E-state index in [4.69, 9.17) is 0 Å². The highest BCUT2D eigenvalue weighted by atomic mass is 16.2. The molecule has 2 aromatic rings. The Labute approximate surface area is 190 Å². The van der Waals surface area contributed by atoms with E-state index in [2.05, 4.69) is 39.8 Å². The van der Waals surface area contributed by atoms with Crippen molar-refractivity contribution in [2.45, 2.75) is 58.7 Å². The maximum absolute atomic E-state index is 12.4. The second-order valence-corrected chi connectivity index (χ2v) is 8.78. The van der Waals surface area contributed by atoms with E-state index in [-0.39, 0.29) is 18.5 Å². The van der Waals surface area contributed by atoms with Crippen LogP contribution < -0.4 is 16.0 Å². The molecule has 2 heterocycles. The first-order valence-corrected chi connectivity index (χ1v) is 11.6. The van der Waals surface area contributed by atoms with Gasteiger partial charge in [-0.25, -0.2) is 4.79 Å². The highest BCUT2D eigenvalue weighted by Crippen LogP contribution is 2.17. The van der Waals surface area contributed by atoms with E-state index in [0.29, 0.717) is 30.7 Å². The van der Waals surface area contributed by atoms with Crippen LogP contribution in [0.3, 0.4) is 0 Å². The summed E-state index contributed by atoms with van der Waals surface area (Å²) in [5.74, 6) is 0.334. The molecule has 1 fully saturated rings. The Balaban J connectivity index is 1.44. The van der Waals surface area contributed by atoms with Gasteiger partial charge in [0, 0.05) is 37.2 Å². The molecule has 1 aromatic carbocycles. The average Bonchev–Trinajstić information content (AvgIpc) is 3.12. The Hall–Kier alpha value is -2.87. The van der Waals surface area contributed by atoms with Crippen molar-refractivity contribution in [1.29, 1.82) is 0 Å². The molecule has 0 spiro atoms. The molecule has 1 saturated heterocycles. The summed E-state index contributed by atoms with van der Waals surface area (Å²) in [5, 5.41) is 12.9. The van der Waals surface area contributed by atoms with Gasteiger partial charge in [-0.2, -0.15) is 5.10 Å². The van der Waals surface area contributed by atoms with Crippen molar-refractivity contribution in [1.82, 2.24) is 25.3 Å². The van der Waals surface area contributed by atoms with Gasteiger partial charge in [0.2, 0.25) is 5.91 Å². The van der Waals surface area contributed by atoms with Gasteiger partial charge in [-0.05, 0) is 55.6 Å². The number of nitrogens with zero attached hydrogens (tertiary/aromatic N) is 3. The van der Waals surface area contributed by atoms with Crippen molar-refractivity contribution < 1.29 is 9.59 Å². The number of urea groups is 1. The first kappa shape index (κ1) is 23.8. The van der Waals surface area contributed by atoms with Gasteiger partial charge in [0.05, 0.1) is 0 Å². The number of nitrogens with one attached hydrogen (secondary N) is 3. The van der Waals surface area contributed by atoms with Crippen molar-refractivity contribution >= 4 is 17.6 Å². The second-order valence-electron chi connectivity index (χ2n) is 8.78. The minimum Gasteiger partial charge on any atom is -0.337 e. The Morgan fingerprint density at radius 3 is 2.53 bits per heavy atom. The van der Waals surface area contributed by atoms with Gasteiger partial charge in [0.25, 0.3) is 0 Å². The monoisotopic (exact) mass is 440 g/mol. The number of likely N-dealkylation sites (tertiary alicyclic amines) is 1. The van der Waals surface area contributed by atoms with Crippen molar-refractivity contribution in [3.63, 3.8) is 0 Å². The van der Waals surface area contributed by atoms with Crippen LogP contribution in [0.15, 0.2) is 42.7 Å². The van der Waals surface area contributed by atoms with Gasteiger partial charge in [0.1, 0.15) is 6.54 Å². The van der Waals surface area contributed by atoms with Crippen LogP contribution in [0.5, 0.6) is 0 Å². The van der Waals surface area contributed by atoms with E-state index in [1.54, 1.807) is 23.1 Å². The maximum Gasteiger partial charge on any atom is 0.315 e. The average molecular weight is 441 g/mol. The summed E-state index contributed by atoms with van der Waals surface area (Å²) >= 11 is 0. The maximum atomic E-state index is 12.4. The highest BCUT2D eigenvalue weighted by Gasteiger charge is 2.23. The zero-order chi connectivity index (χ0) is 22.8. The van der Waals surface area contributed by atoms with E-state index in [1.165, 1.54) is 25.7 Å². The number of anilines is 1. The fourth-order valence-electron chi connectivity index (χ4n) is 4.16. The minimum absolute atomic E-state index is 0.148. The molecule has 32 heavy (non-hydrogen) atoms. The van der Waals surface area contributed by atoms with Gasteiger partial charge < -0.3 is 16.0 Å². The van der Waals surface area contributed by atoms with E-state index in [1.807, 2.05) is 24.3 Å². The third-order valence-electron chi connectivity index (χ3n) is 5.88. The summed E-state index contributed by atoms with van der Waals surface area (Å²) in [6, 6.07) is 9.46. The summed E-state index contributed by atoms with van der Waals surface area (Å²) in [6.45, 7) is 7.88. The standard InChI is InChI=1S/C24H36N6O2/c1-19(2)22(29-12-5-3-4-6-13-29)17-26-24(32)25-16-20-9-7-10-21(15-20)28-23(31)18-30-14-8-11-27-30/h7-11,14-15,19,22H,3-6,12-13,16-18H2,1-2H3,(H,28,31)(H2,25,26,32)/t22-/m0/s1. The molecule has 0 bridgehead atoms. The van der Waals surface area contributed by atoms with Crippen LogP contribution in [-0.4, -0.2) is 52.3 Å². The number of rotatable bonds is 9. The third-order valence-corrected chi connectivity index (χ3v) is 5.88. The predicted octanol–water partition coefficient (Wildman–Crippen LogP) is 3.22. The van der Waals surface area contributed by atoms with Crippen LogP contribution in [-0.2, 0) is 17.9 Å². The Morgan fingerprint density at radius 2 is 1.84 bits per heavy atom. The number of aromatic nitrogens is 2. The van der Waals surface area contributed by atoms with Crippen LogP contribution in [0.25, 0.3) is 0 Å². The summed E-state index contributed by atoms with van der Waals surface area (Å²) in [4.78, 5) is 27.1. The first-order valence-electron chi connectivity index (χ1n) is 11.6. The van der Waals surface area contributed by atoms with Gasteiger partial charge in [0.15, 0.2) is 0 Å². The molecule has 3 amide bonds. The van der Waals surface area contributed by atoms with Crippen molar-refractivity contribution in [2.24, 2.45) is 5.92 Å². The summed E-state index contributed by atoms with van der Waals surface area (Å²) in [7, 11) is 0. The fraction of sp³-hybridized carbons (Fsp3) is 0.542. The Kier molecular flexibility index (Phi) is 9.10. The van der Waals surface area contributed by atoms with Gasteiger partial charge in [-0.15, -0.1) is 0 Å². The number of amides is 3. The summed E-state index contributed by atoms with van der Waals surface area (Å²) < 4.78 is 1.57. The molecule has 1 aliphatic heterocycles.